The van der Waals surface area contributed by atoms with Crippen molar-refractivity contribution in [2.45, 2.75) is 211 Å². The van der Waals surface area contributed by atoms with E-state index in [1.807, 2.05) is 0 Å². The van der Waals surface area contributed by atoms with Gasteiger partial charge in [-0.3, -0.25) is 62.7 Å². The summed E-state index contributed by atoms with van der Waals surface area (Å²) in [5, 5.41) is 36.5. The average molecular weight is 1250 g/mol. The molecule has 1 aliphatic heterocycles. The SMILES string of the molecule is CC[C@H](C)[C@@H]1NC(=O)[C@H](CCCCN)NC(=O)[C@H](CCCN=C(N)N)NC(=O)[C@H](CS)NC(=O)[C@H](CCCCN)NC(=O)[C@H](CCCCN)NC(=O)[C@H](CCCN=C(N)N)NC(=O)[C@@H](C(C)C)NC(=O)[C@H]([C@@H](C)CC)NC(=O)[C@H](CCC(=O)O)NC1=O. The number of carbonyl (C=O) groups is 11. The summed E-state index contributed by atoms with van der Waals surface area (Å²) in [5.41, 5.74) is 39.7. The molecule has 25 N–H and O–H groups in total. The van der Waals surface area contributed by atoms with Crippen LogP contribution in [0.15, 0.2) is 9.98 Å². The van der Waals surface area contributed by atoms with Crippen LogP contribution in [0.25, 0.3) is 0 Å². The molecule has 0 bridgehead atoms. The standard InChI is InChI=1S/C55H103N19O12S/c1-7-31(5)42-52(85)70-38(22-23-40(75)76)49(82)74-43(32(6)8-2)53(86)72-41(30(3)4)51(84)69-37(21-16-28-64-55(61)62)46(79)65-33(17-9-12-24-56)44(77)66-34(18-10-13-25-57)47(80)71-39(29-87)50(83)68-36(20-15-27-63-54(59)60)45(78)67-35(48(81)73-42)19-11-14-26-58/h30-39,41-43,87H,7-29,56-58H2,1-6H3,(H,65,79)(H,66,77)(H,67,78)(H,68,83)(H,69,84)(H,70,85)(H,71,80)(H,72,86)(H,73,81)(H,74,82)(H,75,76)(H4,59,60,63)(H4,61,62,64)/t31-,32-,33-,34-,35-,36-,37-,38-,39-,41+,42-,43-/m0/s1. The summed E-state index contributed by atoms with van der Waals surface area (Å²) in [4.78, 5) is 164. The minimum atomic E-state index is -1.60. The molecule has 1 rings (SSSR count). The van der Waals surface area contributed by atoms with Crippen molar-refractivity contribution in [3.05, 3.63) is 0 Å². The van der Waals surface area contributed by atoms with Crippen molar-refractivity contribution >= 4 is 89.6 Å². The van der Waals surface area contributed by atoms with E-state index >= 15 is 0 Å². The van der Waals surface area contributed by atoms with Crippen LogP contribution in [-0.2, 0) is 52.7 Å². The molecule has 0 radical (unpaired) electrons. The molecule has 1 fully saturated rings. The zero-order valence-corrected chi connectivity index (χ0v) is 52.5. The summed E-state index contributed by atoms with van der Waals surface area (Å²) in [6, 6.07) is -14.0. The maximum Gasteiger partial charge on any atom is 0.303 e. The van der Waals surface area contributed by atoms with Crippen molar-refractivity contribution < 1.29 is 57.8 Å². The summed E-state index contributed by atoms with van der Waals surface area (Å²) in [5.74, 6) is -12.6. The molecule has 0 aliphatic carbocycles. The Hall–Kier alpha value is -7.06. The fraction of sp³-hybridized carbons (Fsp3) is 0.764. The first-order valence-electron chi connectivity index (χ1n) is 30.3. The lowest BCUT2D eigenvalue weighted by atomic mass is 9.95. The van der Waals surface area contributed by atoms with Crippen LogP contribution in [0.2, 0.25) is 0 Å². The van der Waals surface area contributed by atoms with Crippen molar-refractivity contribution in [2.75, 3.05) is 38.5 Å². The smallest absolute Gasteiger partial charge is 0.303 e. The number of aliphatic imine (C=N–C) groups is 2. The maximum atomic E-state index is 14.5. The van der Waals surface area contributed by atoms with Crippen LogP contribution in [0.1, 0.15) is 151 Å². The molecule has 0 unspecified atom stereocenters. The number of nitrogens with one attached hydrogen (secondary N) is 10. The first kappa shape index (κ1) is 78.0. The molecule has 31 nitrogen and oxygen atoms in total. The van der Waals surface area contributed by atoms with Crippen LogP contribution in [0.3, 0.4) is 0 Å². The van der Waals surface area contributed by atoms with Crippen LogP contribution in [0.4, 0.5) is 0 Å². The minimum Gasteiger partial charge on any atom is -0.481 e. The first-order valence-corrected chi connectivity index (χ1v) is 30.9. The molecule has 10 amide bonds. The highest BCUT2D eigenvalue weighted by atomic mass is 32.1. The van der Waals surface area contributed by atoms with Gasteiger partial charge in [0.1, 0.15) is 60.4 Å². The number of carbonyl (C=O) groups excluding carboxylic acids is 10. The van der Waals surface area contributed by atoms with Crippen LogP contribution in [0.5, 0.6) is 0 Å². The third-order valence-corrected chi connectivity index (χ3v) is 15.2. The summed E-state index contributed by atoms with van der Waals surface area (Å²) in [7, 11) is 0. The Morgan fingerprint density at radius 3 is 0.977 bits per heavy atom. The summed E-state index contributed by atoms with van der Waals surface area (Å²) < 4.78 is 0. The monoisotopic (exact) mass is 1250 g/mol. The van der Waals surface area contributed by atoms with Crippen molar-refractivity contribution in [3.8, 4) is 0 Å². The topological polar surface area (TPSA) is 535 Å². The number of amides is 10. The molecular weight excluding hydrogens is 1150 g/mol. The maximum absolute atomic E-state index is 14.5. The number of carboxylic acid groups (broad SMARTS) is 1. The fourth-order valence-corrected chi connectivity index (χ4v) is 9.39. The Labute approximate surface area is 516 Å². The highest BCUT2D eigenvalue weighted by Crippen LogP contribution is 2.16. The van der Waals surface area contributed by atoms with E-state index in [9.17, 15) is 57.8 Å². The molecule has 496 valence electrons. The van der Waals surface area contributed by atoms with Crippen molar-refractivity contribution in [1.29, 1.82) is 0 Å². The summed E-state index contributed by atoms with van der Waals surface area (Å²) in [6.45, 7) is 10.8. The first-order chi connectivity index (χ1) is 41.2. The van der Waals surface area contributed by atoms with Crippen LogP contribution in [0, 0.1) is 17.8 Å². The van der Waals surface area contributed by atoms with Gasteiger partial charge in [0.25, 0.3) is 0 Å². The Morgan fingerprint density at radius 1 is 0.414 bits per heavy atom. The lowest BCUT2D eigenvalue weighted by molar-refractivity contribution is -0.139. The highest BCUT2D eigenvalue weighted by molar-refractivity contribution is 7.80. The Morgan fingerprint density at radius 2 is 0.678 bits per heavy atom. The number of thiol groups is 1. The number of nitrogens with two attached hydrogens (primary N) is 7. The number of unbranched alkanes of at least 4 members (excludes halogenated alkanes) is 3. The molecule has 1 saturated heterocycles. The van der Waals surface area contributed by atoms with E-state index in [0.29, 0.717) is 51.4 Å². The second-order valence-corrected chi connectivity index (χ2v) is 22.6. The molecule has 0 aromatic heterocycles. The van der Waals surface area contributed by atoms with E-state index in [1.54, 1.807) is 41.5 Å². The van der Waals surface area contributed by atoms with Crippen molar-refractivity contribution in [2.24, 2.45) is 67.9 Å². The molecule has 1 aliphatic rings. The Bertz CT molecular complexity index is 2290. The molecule has 32 heteroatoms. The van der Waals surface area contributed by atoms with Gasteiger partial charge in [-0.1, -0.05) is 54.4 Å². The molecule has 0 aromatic rings. The third-order valence-electron chi connectivity index (χ3n) is 14.8. The zero-order valence-electron chi connectivity index (χ0n) is 51.6. The summed E-state index contributed by atoms with van der Waals surface area (Å²) >= 11 is 4.35. The van der Waals surface area contributed by atoms with E-state index in [-0.39, 0.29) is 95.3 Å². The van der Waals surface area contributed by atoms with Gasteiger partial charge in [-0.05, 0) is 127 Å². The number of hydrogen-bond acceptors (Lipinski definition) is 17. The molecule has 1 heterocycles. The van der Waals surface area contributed by atoms with Gasteiger partial charge in [0.05, 0.1) is 0 Å². The van der Waals surface area contributed by atoms with E-state index in [2.05, 4.69) is 75.8 Å². The van der Waals surface area contributed by atoms with Crippen LogP contribution < -0.4 is 93.3 Å². The molecule has 87 heavy (non-hydrogen) atoms. The number of rotatable bonds is 29. The number of hydrogen-bond donors (Lipinski definition) is 19. The van der Waals surface area contributed by atoms with Gasteiger partial charge >= 0.3 is 5.97 Å². The number of nitrogens with zero attached hydrogens (tertiary/aromatic N) is 2. The van der Waals surface area contributed by atoms with Gasteiger partial charge in [0.2, 0.25) is 59.1 Å². The van der Waals surface area contributed by atoms with Gasteiger partial charge in [0.15, 0.2) is 11.9 Å². The van der Waals surface area contributed by atoms with E-state index in [1.165, 1.54) is 0 Å². The Kier molecular flexibility index (Phi) is 38.3. The Balaban J connectivity index is 4.31. The quantitative estimate of drug-likeness (QED) is 0.0146. The van der Waals surface area contributed by atoms with Gasteiger partial charge < -0.3 is 98.4 Å². The number of carboxylic acids is 1. The van der Waals surface area contributed by atoms with Gasteiger partial charge in [-0.25, -0.2) is 0 Å². The molecular formula is C55H103N19O12S. The molecule has 0 spiro atoms. The minimum absolute atomic E-state index is 0.00819. The van der Waals surface area contributed by atoms with Gasteiger partial charge in [0, 0.05) is 25.3 Å². The van der Waals surface area contributed by atoms with E-state index in [0.717, 1.165) is 0 Å². The predicted molar refractivity (Wildman–Crippen MR) is 332 cm³/mol. The normalized spacial score (nSPS) is 24.6. The molecule has 12 atom stereocenters. The highest BCUT2D eigenvalue weighted by Gasteiger charge is 2.39. The number of aliphatic carboxylic acids is 1. The predicted octanol–water partition coefficient (Wildman–Crippen LogP) is -4.11. The average Bonchev–Trinajstić information content (AvgIpc) is 2.90. The van der Waals surface area contributed by atoms with Gasteiger partial charge in [-0.15, -0.1) is 0 Å². The number of guanidine groups is 2. The summed E-state index contributed by atoms with van der Waals surface area (Å²) in [6.07, 6.45) is 1.81. The van der Waals surface area contributed by atoms with Crippen molar-refractivity contribution in [3.63, 3.8) is 0 Å². The van der Waals surface area contributed by atoms with Crippen LogP contribution >= 0.6 is 12.6 Å². The molecule has 0 aromatic carbocycles. The lowest BCUT2D eigenvalue weighted by Gasteiger charge is -2.31. The van der Waals surface area contributed by atoms with E-state index in [4.69, 9.17) is 40.1 Å². The third kappa shape index (κ3) is 29.9. The largest absolute Gasteiger partial charge is 0.481 e. The second-order valence-electron chi connectivity index (χ2n) is 22.3. The fourth-order valence-electron chi connectivity index (χ4n) is 9.13. The van der Waals surface area contributed by atoms with Crippen LogP contribution in [-0.4, -0.2) is 181 Å². The van der Waals surface area contributed by atoms with Gasteiger partial charge in [-0.2, -0.15) is 12.6 Å². The lowest BCUT2D eigenvalue weighted by Crippen LogP contribution is -2.62. The van der Waals surface area contributed by atoms with Crippen molar-refractivity contribution in [1.82, 2.24) is 53.2 Å². The zero-order chi connectivity index (χ0) is 65.8. The second kappa shape index (κ2) is 42.7. The van der Waals surface area contributed by atoms with E-state index < -0.39 is 156 Å². The molecule has 0 saturated carbocycles.